The number of nitrogens with one attached hydrogen (secondary N) is 2. The van der Waals surface area contributed by atoms with Crippen molar-refractivity contribution in [1.82, 2.24) is 24.8 Å². The summed E-state index contributed by atoms with van der Waals surface area (Å²) in [5, 5.41) is 4.62. The monoisotopic (exact) mass is 386 g/mol. The van der Waals surface area contributed by atoms with Crippen LogP contribution in [0.1, 0.15) is 19.3 Å². The SMILES string of the molecule is Fc1cnc(-c2c[nH]c3ncc(Cl)cc23)nc1NC1CCN(CC2CC2)C1. The Hall–Kier alpha value is -2.25. The van der Waals surface area contributed by atoms with E-state index >= 15 is 0 Å². The maximum atomic E-state index is 14.3. The van der Waals surface area contributed by atoms with Crippen LogP contribution in [0, 0.1) is 11.7 Å². The number of likely N-dealkylation sites (tertiary alicyclic amines) is 1. The van der Waals surface area contributed by atoms with Gasteiger partial charge in [0.05, 0.1) is 11.2 Å². The van der Waals surface area contributed by atoms with Crippen molar-refractivity contribution in [3.8, 4) is 11.4 Å². The van der Waals surface area contributed by atoms with Crippen molar-refractivity contribution >= 4 is 28.5 Å². The molecule has 1 atom stereocenters. The fraction of sp³-hybridized carbons (Fsp3) is 0.421. The summed E-state index contributed by atoms with van der Waals surface area (Å²) in [4.78, 5) is 18.4. The van der Waals surface area contributed by atoms with Crippen molar-refractivity contribution in [3.63, 3.8) is 0 Å². The molecular formula is C19H20ClFN6. The van der Waals surface area contributed by atoms with Crippen molar-refractivity contribution in [2.45, 2.75) is 25.3 Å². The van der Waals surface area contributed by atoms with Gasteiger partial charge in [0.15, 0.2) is 17.5 Å². The third-order valence-corrected chi connectivity index (χ3v) is 5.52. The zero-order valence-electron chi connectivity index (χ0n) is 14.8. The minimum atomic E-state index is -0.435. The van der Waals surface area contributed by atoms with Crippen molar-refractivity contribution in [2.75, 3.05) is 25.0 Å². The highest BCUT2D eigenvalue weighted by Gasteiger charge is 2.29. The average molecular weight is 387 g/mol. The zero-order chi connectivity index (χ0) is 18.4. The number of nitrogens with zero attached hydrogens (tertiary/aromatic N) is 4. The van der Waals surface area contributed by atoms with Gasteiger partial charge in [0.25, 0.3) is 0 Å². The summed E-state index contributed by atoms with van der Waals surface area (Å²) in [7, 11) is 0. The second kappa shape index (κ2) is 6.73. The summed E-state index contributed by atoms with van der Waals surface area (Å²) in [6.07, 6.45) is 8.27. The number of rotatable bonds is 5. The molecule has 1 aliphatic carbocycles. The van der Waals surface area contributed by atoms with Crippen molar-refractivity contribution in [3.05, 3.63) is 35.5 Å². The average Bonchev–Trinajstić information content (AvgIpc) is 3.20. The van der Waals surface area contributed by atoms with Crippen LogP contribution in [0.3, 0.4) is 0 Å². The van der Waals surface area contributed by atoms with E-state index in [-0.39, 0.29) is 11.9 Å². The largest absolute Gasteiger partial charge is 0.363 e. The Morgan fingerprint density at radius 1 is 1.26 bits per heavy atom. The molecule has 2 aliphatic rings. The quantitative estimate of drug-likeness (QED) is 0.699. The molecule has 0 amide bonds. The molecular weight excluding hydrogens is 367 g/mol. The molecule has 0 aromatic carbocycles. The zero-order valence-corrected chi connectivity index (χ0v) is 15.5. The van der Waals surface area contributed by atoms with Crippen LogP contribution in [0.25, 0.3) is 22.4 Å². The normalized spacial score (nSPS) is 20.4. The highest BCUT2D eigenvalue weighted by molar-refractivity contribution is 6.31. The molecule has 8 heteroatoms. The van der Waals surface area contributed by atoms with E-state index in [0.717, 1.165) is 36.4 Å². The van der Waals surface area contributed by atoms with Crippen molar-refractivity contribution < 1.29 is 4.39 Å². The topological polar surface area (TPSA) is 69.7 Å². The van der Waals surface area contributed by atoms with Crippen molar-refractivity contribution in [1.29, 1.82) is 0 Å². The van der Waals surface area contributed by atoms with Crippen LogP contribution < -0.4 is 5.32 Å². The molecule has 1 aliphatic heterocycles. The van der Waals surface area contributed by atoms with E-state index < -0.39 is 5.82 Å². The predicted octanol–water partition coefficient (Wildman–Crippen LogP) is 3.71. The molecule has 4 heterocycles. The second-order valence-corrected chi connectivity index (χ2v) is 7.91. The van der Waals surface area contributed by atoms with Crippen LogP contribution in [0.4, 0.5) is 10.2 Å². The third-order valence-electron chi connectivity index (χ3n) is 5.31. The maximum absolute atomic E-state index is 14.3. The molecule has 1 saturated heterocycles. The number of halogens is 2. The van der Waals surface area contributed by atoms with Gasteiger partial charge in [-0.1, -0.05) is 11.6 Å². The summed E-state index contributed by atoms with van der Waals surface area (Å²) in [6.45, 7) is 3.15. The van der Waals surface area contributed by atoms with Crippen molar-refractivity contribution in [2.24, 2.45) is 5.92 Å². The van der Waals surface area contributed by atoms with E-state index in [0.29, 0.717) is 16.5 Å². The number of aromatic nitrogens is 4. The van der Waals surface area contributed by atoms with Crippen LogP contribution in [-0.4, -0.2) is 50.5 Å². The summed E-state index contributed by atoms with van der Waals surface area (Å²) < 4.78 is 14.3. The van der Waals surface area contributed by atoms with E-state index in [1.165, 1.54) is 25.6 Å². The Kier molecular flexibility index (Phi) is 4.21. The Bertz CT molecular complexity index is 985. The molecule has 3 aromatic heterocycles. The highest BCUT2D eigenvalue weighted by Crippen LogP contribution is 2.31. The van der Waals surface area contributed by atoms with Crippen LogP contribution in [0.2, 0.25) is 5.02 Å². The molecule has 140 valence electrons. The molecule has 0 radical (unpaired) electrons. The number of hydrogen-bond donors (Lipinski definition) is 2. The first-order valence-electron chi connectivity index (χ1n) is 9.30. The standard InChI is InChI=1S/C19H20ClFN6/c20-12-5-14-15(7-23-17(14)22-6-12)18-24-8-16(21)19(26-18)25-13-3-4-27(10-13)9-11-1-2-11/h5-8,11,13H,1-4,9-10H2,(H,22,23)(H,24,25,26). The number of anilines is 1. The summed E-state index contributed by atoms with van der Waals surface area (Å²) in [5.74, 6) is 1.13. The predicted molar refractivity (Wildman–Crippen MR) is 103 cm³/mol. The number of pyridine rings is 1. The minimum Gasteiger partial charge on any atom is -0.363 e. The van der Waals surface area contributed by atoms with Gasteiger partial charge in [-0.25, -0.2) is 19.3 Å². The lowest BCUT2D eigenvalue weighted by atomic mass is 10.2. The molecule has 1 unspecified atom stereocenters. The molecule has 2 fully saturated rings. The highest BCUT2D eigenvalue weighted by atomic mass is 35.5. The van der Waals surface area contributed by atoms with Gasteiger partial charge in [0, 0.05) is 49.0 Å². The first kappa shape index (κ1) is 16.9. The smallest absolute Gasteiger partial charge is 0.183 e. The minimum absolute atomic E-state index is 0.208. The Morgan fingerprint density at radius 2 is 2.15 bits per heavy atom. The Labute approximate surface area is 161 Å². The lowest BCUT2D eigenvalue weighted by Crippen LogP contribution is -2.28. The van der Waals surface area contributed by atoms with Gasteiger partial charge < -0.3 is 15.2 Å². The van der Waals surface area contributed by atoms with Gasteiger partial charge in [-0.3, -0.25) is 0 Å². The number of aromatic amines is 1. The fourth-order valence-electron chi connectivity index (χ4n) is 3.74. The molecule has 0 bridgehead atoms. The second-order valence-electron chi connectivity index (χ2n) is 7.48. The summed E-state index contributed by atoms with van der Waals surface area (Å²) >= 11 is 6.06. The van der Waals surface area contributed by atoms with E-state index in [1.54, 1.807) is 12.4 Å². The Balaban J connectivity index is 1.38. The molecule has 0 spiro atoms. The van der Waals surface area contributed by atoms with Gasteiger partial charge in [0.1, 0.15) is 5.65 Å². The molecule has 3 aromatic rings. The molecule has 27 heavy (non-hydrogen) atoms. The summed E-state index contributed by atoms with van der Waals surface area (Å²) in [6, 6.07) is 2.02. The van der Waals surface area contributed by atoms with Gasteiger partial charge >= 0.3 is 0 Å². The molecule has 1 saturated carbocycles. The first-order chi connectivity index (χ1) is 13.2. The van der Waals surface area contributed by atoms with Gasteiger partial charge in [0.2, 0.25) is 0 Å². The number of hydrogen-bond acceptors (Lipinski definition) is 5. The van der Waals surface area contributed by atoms with Gasteiger partial charge in [-0.2, -0.15) is 0 Å². The van der Waals surface area contributed by atoms with Crippen LogP contribution in [0.15, 0.2) is 24.7 Å². The van der Waals surface area contributed by atoms with E-state index in [9.17, 15) is 4.39 Å². The van der Waals surface area contributed by atoms with E-state index in [4.69, 9.17) is 11.6 Å². The van der Waals surface area contributed by atoms with Crippen LogP contribution in [0.5, 0.6) is 0 Å². The Morgan fingerprint density at radius 3 is 3.00 bits per heavy atom. The van der Waals surface area contributed by atoms with Gasteiger partial charge in [-0.15, -0.1) is 0 Å². The third kappa shape index (κ3) is 3.49. The fourth-order valence-corrected chi connectivity index (χ4v) is 3.89. The van der Waals surface area contributed by atoms with E-state index in [1.807, 2.05) is 6.07 Å². The molecule has 6 nitrogen and oxygen atoms in total. The van der Waals surface area contributed by atoms with Crippen LogP contribution >= 0.6 is 11.6 Å². The van der Waals surface area contributed by atoms with Gasteiger partial charge in [-0.05, 0) is 31.2 Å². The lowest BCUT2D eigenvalue weighted by molar-refractivity contribution is 0.322. The maximum Gasteiger partial charge on any atom is 0.183 e. The number of fused-ring (bicyclic) bond motifs is 1. The van der Waals surface area contributed by atoms with Crippen LogP contribution in [-0.2, 0) is 0 Å². The molecule has 5 rings (SSSR count). The summed E-state index contributed by atoms with van der Waals surface area (Å²) in [5.41, 5.74) is 1.45. The lowest BCUT2D eigenvalue weighted by Gasteiger charge is -2.17. The number of H-pyrrole nitrogens is 1. The first-order valence-corrected chi connectivity index (χ1v) is 9.68. The van der Waals surface area contributed by atoms with E-state index in [2.05, 4.69) is 30.2 Å². The molecule has 2 N–H and O–H groups in total.